The first kappa shape index (κ1) is 18.1. The number of hydrogen-bond acceptors (Lipinski definition) is 6. The molecule has 1 amide bonds. The van der Waals surface area contributed by atoms with Gasteiger partial charge in [-0.3, -0.25) is 0 Å². The third-order valence-electron chi connectivity index (χ3n) is 3.15. The maximum atomic E-state index is 12.3. The summed E-state index contributed by atoms with van der Waals surface area (Å²) in [6.07, 6.45) is 1.12. The molecule has 0 aliphatic carbocycles. The molecular formula is C12H20BN3O4. The molecule has 7 nitrogen and oxygen atoms in total. The van der Waals surface area contributed by atoms with E-state index >= 15 is 0 Å². The molecule has 0 aromatic carbocycles. The van der Waals surface area contributed by atoms with Crippen molar-refractivity contribution in [2.45, 2.75) is 32.2 Å². The third-order valence-corrected chi connectivity index (χ3v) is 3.15. The third kappa shape index (κ3) is 4.67. The van der Waals surface area contributed by atoms with Gasteiger partial charge in [-0.15, -0.1) is 0 Å². The Morgan fingerprint density at radius 2 is 2.20 bits per heavy atom. The van der Waals surface area contributed by atoms with Crippen LogP contribution in [0.25, 0.3) is 0 Å². The summed E-state index contributed by atoms with van der Waals surface area (Å²) in [6.45, 7) is 6.79. The van der Waals surface area contributed by atoms with Gasteiger partial charge in [0.15, 0.2) is 0 Å². The molecule has 0 saturated heterocycles. The second kappa shape index (κ2) is 9.11. The van der Waals surface area contributed by atoms with E-state index in [4.69, 9.17) is 0 Å². The molecule has 0 bridgehead atoms. The second-order valence-corrected chi connectivity index (χ2v) is 4.26. The van der Waals surface area contributed by atoms with Crippen LogP contribution in [0.5, 0.6) is 0 Å². The number of esters is 1. The zero-order valence-corrected chi connectivity index (χ0v) is 12.1. The molecule has 0 saturated carbocycles. The van der Waals surface area contributed by atoms with Crippen LogP contribution in [0.15, 0.2) is 10.1 Å². The maximum absolute atomic E-state index is 12.3. The Labute approximate surface area is 119 Å². The van der Waals surface area contributed by atoms with Gasteiger partial charge in [-0.1, -0.05) is 0 Å². The molecule has 1 unspecified atom stereocenters. The summed E-state index contributed by atoms with van der Waals surface area (Å²) < 4.78 is 4.45. The molecule has 8 heteroatoms. The molecule has 1 N–H and O–H groups in total. The first-order chi connectivity index (χ1) is 9.48. The van der Waals surface area contributed by atoms with Crippen LogP contribution in [0.2, 0.25) is 0 Å². The number of nitrogens with one attached hydrogen (secondary N) is 1. The number of rotatable bonds is 9. The van der Waals surface area contributed by atoms with Gasteiger partial charge in [-0.2, -0.15) is 0 Å². The fraction of sp³-hybridized carbons (Fsp3) is 0.667. The summed E-state index contributed by atoms with van der Waals surface area (Å²) in [4.78, 5) is 34.3. The van der Waals surface area contributed by atoms with Crippen LogP contribution >= 0.6 is 0 Å². The van der Waals surface area contributed by atoms with Gasteiger partial charge in [0.2, 0.25) is 0 Å². The summed E-state index contributed by atoms with van der Waals surface area (Å²) in [5.74, 6) is -1.34. The van der Waals surface area contributed by atoms with Crippen molar-refractivity contribution >= 4 is 31.7 Å². The van der Waals surface area contributed by atoms with Crippen LogP contribution in [0.4, 0.5) is 0 Å². The van der Waals surface area contributed by atoms with Crippen LogP contribution in [0.3, 0.4) is 0 Å². The Balaban J connectivity index is 5.29. The normalized spacial score (nSPS) is 14.9. The van der Waals surface area contributed by atoms with Crippen LogP contribution in [0, 0.1) is 5.92 Å². The van der Waals surface area contributed by atoms with Gasteiger partial charge in [0.05, 0.1) is 0 Å². The molecule has 0 radical (unpaired) electrons. The average Bonchev–Trinajstić information content (AvgIpc) is 2.47. The molecule has 0 rings (SSSR count). The molecule has 0 aliphatic rings. The van der Waals surface area contributed by atoms with Crippen molar-refractivity contribution in [2.24, 2.45) is 16.1 Å². The standard InChI is InChI=1S/C12H20BN3O4/c1-5-9(2)12(6-7-17,15-16-13-3)11(19)14-8-10(18)20-4/h7,9H,3,5-6,8H2,1-2,4H3,(H,14,19)/t9?,12-/m0/s1. The van der Waals surface area contributed by atoms with E-state index in [0.29, 0.717) is 12.7 Å². The minimum atomic E-state index is -1.33. The van der Waals surface area contributed by atoms with Gasteiger partial charge >= 0.3 is 118 Å². The fourth-order valence-corrected chi connectivity index (χ4v) is 1.69. The Morgan fingerprint density at radius 1 is 1.55 bits per heavy atom. The number of amides is 1. The zero-order chi connectivity index (χ0) is 15.6. The number of aldehydes is 1. The predicted octanol–water partition coefficient (Wildman–Crippen LogP) is 0.153. The molecule has 2 atom stereocenters. The van der Waals surface area contributed by atoms with Gasteiger partial charge in [0.1, 0.15) is 0 Å². The molecule has 0 aromatic rings. The summed E-state index contributed by atoms with van der Waals surface area (Å²) in [6, 6.07) is 0. The van der Waals surface area contributed by atoms with Gasteiger partial charge in [0.25, 0.3) is 0 Å². The van der Waals surface area contributed by atoms with E-state index in [0.717, 1.165) is 0 Å². The SMILES string of the molecule is C=BN=N[C@](CC=O)(C(=O)NCC(=O)OC)C(C)CC. The van der Waals surface area contributed by atoms with E-state index in [-0.39, 0.29) is 18.9 Å². The summed E-state index contributed by atoms with van der Waals surface area (Å²) in [5.41, 5.74) is -1.33. The monoisotopic (exact) mass is 281 g/mol. The van der Waals surface area contributed by atoms with Crippen molar-refractivity contribution in [1.82, 2.24) is 5.32 Å². The number of nitrogens with zero attached hydrogens (tertiary/aromatic N) is 2. The molecule has 0 heterocycles. The van der Waals surface area contributed by atoms with Crippen LogP contribution in [-0.2, 0) is 19.1 Å². The van der Waals surface area contributed by atoms with Crippen molar-refractivity contribution in [3.05, 3.63) is 0 Å². The van der Waals surface area contributed by atoms with E-state index in [2.05, 4.69) is 26.7 Å². The quantitative estimate of drug-likeness (QED) is 0.281. The Kier molecular flexibility index (Phi) is 8.27. The molecule has 110 valence electrons. The Morgan fingerprint density at radius 3 is 2.65 bits per heavy atom. The number of methoxy groups -OCH3 is 1. The fourth-order valence-electron chi connectivity index (χ4n) is 1.69. The van der Waals surface area contributed by atoms with Crippen LogP contribution < -0.4 is 5.32 Å². The molecule has 0 aliphatic heterocycles. The Bertz CT molecular complexity index is 400. The van der Waals surface area contributed by atoms with Gasteiger partial charge in [-0.05, 0) is 0 Å². The zero-order valence-electron chi connectivity index (χ0n) is 12.1. The van der Waals surface area contributed by atoms with Crippen molar-refractivity contribution in [3.8, 4) is 0 Å². The van der Waals surface area contributed by atoms with Crippen LogP contribution in [0.1, 0.15) is 26.7 Å². The average molecular weight is 281 g/mol. The van der Waals surface area contributed by atoms with Crippen LogP contribution in [-0.4, -0.2) is 50.9 Å². The molecule has 0 spiro atoms. The number of hydrogen-bond donors (Lipinski definition) is 1. The van der Waals surface area contributed by atoms with E-state index in [9.17, 15) is 14.4 Å². The number of ether oxygens (including phenoxy) is 1. The van der Waals surface area contributed by atoms with E-state index < -0.39 is 17.4 Å². The predicted molar refractivity (Wildman–Crippen MR) is 75.6 cm³/mol. The van der Waals surface area contributed by atoms with E-state index in [1.54, 1.807) is 6.92 Å². The summed E-state index contributed by atoms with van der Waals surface area (Å²) in [5, 5.41) is 10.0. The van der Waals surface area contributed by atoms with Crippen molar-refractivity contribution < 1.29 is 19.1 Å². The van der Waals surface area contributed by atoms with E-state index in [1.165, 1.54) is 14.2 Å². The molecule has 0 fully saturated rings. The van der Waals surface area contributed by atoms with Crippen molar-refractivity contribution in [2.75, 3.05) is 13.7 Å². The topological polar surface area (TPSA) is 97.2 Å². The summed E-state index contributed by atoms with van der Waals surface area (Å²) in [7, 11) is 2.41. The molecule has 20 heavy (non-hydrogen) atoms. The minimum absolute atomic E-state index is 0.119. The molecular weight excluding hydrogens is 261 g/mol. The first-order valence-corrected chi connectivity index (χ1v) is 6.30. The van der Waals surface area contributed by atoms with E-state index in [1.807, 2.05) is 6.92 Å². The summed E-state index contributed by atoms with van der Waals surface area (Å²) >= 11 is 0. The second-order valence-electron chi connectivity index (χ2n) is 4.26. The van der Waals surface area contributed by atoms with Crippen molar-refractivity contribution in [3.63, 3.8) is 0 Å². The molecule has 0 aromatic heterocycles. The van der Waals surface area contributed by atoms with Gasteiger partial charge in [-0.25, -0.2) is 0 Å². The van der Waals surface area contributed by atoms with Gasteiger partial charge in [0, 0.05) is 0 Å². The van der Waals surface area contributed by atoms with Gasteiger partial charge < -0.3 is 0 Å². The first-order valence-electron chi connectivity index (χ1n) is 6.30. The Hall–Kier alpha value is -1.86. The number of carbonyl (C=O) groups excluding carboxylic acids is 3. The number of carbonyl (C=O) groups is 3. The van der Waals surface area contributed by atoms with Crippen molar-refractivity contribution in [1.29, 1.82) is 0 Å².